The highest BCUT2D eigenvalue weighted by Crippen LogP contribution is 2.29. The Morgan fingerprint density at radius 2 is 1.95 bits per heavy atom. The van der Waals surface area contributed by atoms with E-state index in [0.29, 0.717) is 25.3 Å². The molecule has 0 atom stereocenters. The zero-order chi connectivity index (χ0) is 13.7. The maximum atomic E-state index is 12.0. The SMILES string of the molecule is Cc1ccc(C(=O)NCC2(CO)CCOCC2)cc1. The number of rotatable bonds is 4. The summed E-state index contributed by atoms with van der Waals surface area (Å²) in [5.41, 5.74) is 1.57. The van der Waals surface area contributed by atoms with E-state index >= 15 is 0 Å². The molecule has 0 bridgehead atoms. The number of hydrogen-bond acceptors (Lipinski definition) is 3. The van der Waals surface area contributed by atoms with Crippen LogP contribution in [0.2, 0.25) is 0 Å². The van der Waals surface area contributed by atoms with Gasteiger partial charge in [0.1, 0.15) is 0 Å². The van der Waals surface area contributed by atoms with Gasteiger partial charge < -0.3 is 15.2 Å². The molecule has 1 heterocycles. The van der Waals surface area contributed by atoms with Crippen molar-refractivity contribution in [1.29, 1.82) is 0 Å². The molecule has 1 amide bonds. The van der Waals surface area contributed by atoms with Gasteiger partial charge in [0.2, 0.25) is 0 Å². The Morgan fingerprint density at radius 1 is 1.32 bits per heavy atom. The van der Waals surface area contributed by atoms with Crippen LogP contribution in [0.1, 0.15) is 28.8 Å². The van der Waals surface area contributed by atoms with Crippen molar-refractivity contribution in [2.75, 3.05) is 26.4 Å². The molecule has 1 saturated heterocycles. The summed E-state index contributed by atoms with van der Waals surface area (Å²) in [5, 5.41) is 12.5. The number of hydrogen-bond donors (Lipinski definition) is 2. The number of aliphatic hydroxyl groups excluding tert-OH is 1. The van der Waals surface area contributed by atoms with Crippen LogP contribution in [0.15, 0.2) is 24.3 Å². The van der Waals surface area contributed by atoms with Gasteiger partial charge >= 0.3 is 0 Å². The highest BCUT2D eigenvalue weighted by Gasteiger charge is 2.32. The highest BCUT2D eigenvalue weighted by atomic mass is 16.5. The van der Waals surface area contributed by atoms with E-state index in [4.69, 9.17) is 4.74 Å². The van der Waals surface area contributed by atoms with Crippen LogP contribution in [0.3, 0.4) is 0 Å². The topological polar surface area (TPSA) is 58.6 Å². The lowest BCUT2D eigenvalue weighted by Crippen LogP contribution is -2.43. The monoisotopic (exact) mass is 263 g/mol. The van der Waals surface area contributed by atoms with E-state index in [9.17, 15) is 9.90 Å². The summed E-state index contributed by atoms with van der Waals surface area (Å²) in [6, 6.07) is 7.48. The van der Waals surface area contributed by atoms with E-state index in [1.165, 1.54) is 0 Å². The fourth-order valence-electron chi connectivity index (χ4n) is 2.27. The number of aliphatic hydroxyl groups is 1. The third-order valence-corrected chi connectivity index (χ3v) is 3.83. The Morgan fingerprint density at radius 3 is 2.53 bits per heavy atom. The van der Waals surface area contributed by atoms with Crippen LogP contribution in [0.25, 0.3) is 0 Å². The van der Waals surface area contributed by atoms with Crippen molar-refractivity contribution >= 4 is 5.91 Å². The van der Waals surface area contributed by atoms with Crippen LogP contribution < -0.4 is 5.32 Å². The summed E-state index contributed by atoms with van der Waals surface area (Å²) in [6.07, 6.45) is 1.58. The van der Waals surface area contributed by atoms with Gasteiger partial charge in [-0.05, 0) is 31.9 Å². The molecule has 0 spiro atoms. The highest BCUT2D eigenvalue weighted by molar-refractivity contribution is 5.94. The minimum atomic E-state index is -0.224. The molecule has 1 aromatic rings. The minimum absolute atomic E-state index is 0.0840. The van der Waals surface area contributed by atoms with Gasteiger partial charge in [-0.25, -0.2) is 0 Å². The normalized spacial score (nSPS) is 18.0. The summed E-state index contributed by atoms with van der Waals surface area (Å²) in [5.74, 6) is -0.0840. The van der Waals surface area contributed by atoms with Crippen LogP contribution in [0, 0.1) is 12.3 Å². The second-order valence-electron chi connectivity index (χ2n) is 5.32. The summed E-state index contributed by atoms with van der Waals surface area (Å²) >= 11 is 0. The van der Waals surface area contributed by atoms with Crippen molar-refractivity contribution < 1.29 is 14.6 Å². The molecule has 0 saturated carbocycles. The average molecular weight is 263 g/mol. The van der Waals surface area contributed by atoms with Gasteiger partial charge in [-0.2, -0.15) is 0 Å². The lowest BCUT2D eigenvalue weighted by atomic mass is 9.81. The Kier molecular flexibility index (Phi) is 4.56. The molecule has 1 fully saturated rings. The first-order valence-corrected chi connectivity index (χ1v) is 6.69. The van der Waals surface area contributed by atoms with E-state index in [2.05, 4.69) is 5.32 Å². The van der Waals surface area contributed by atoms with Crippen LogP contribution in [0.4, 0.5) is 0 Å². The minimum Gasteiger partial charge on any atom is -0.396 e. The molecule has 0 aliphatic carbocycles. The average Bonchev–Trinajstić information content (AvgIpc) is 2.46. The van der Waals surface area contributed by atoms with Crippen molar-refractivity contribution in [3.8, 4) is 0 Å². The van der Waals surface area contributed by atoms with Crippen molar-refractivity contribution in [2.45, 2.75) is 19.8 Å². The fraction of sp³-hybridized carbons (Fsp3) is 0.533. The van der Waals surface area contributed by atoms with E-state index in [-0.39, 0.29) is 17.9 Å². The molecule has 1 aliphatic rings. The number of ether oxygens (including phenoxy) is 1. The summed E-state index contributed by atoms with van der Waals surface area (Å²) in [7, 11) is 0. The fourth-order valence-corrected chi connectivity index (χ4v) is 2.27. The maximum Gasteiger partial charge on any atom is 0.251 e. The number of benzene rings is 1. The van der Waals surface area contributed by atoms with Gasteiger partial charge in [-0.15, -0.1) is 0 Å². The maximum absolute atomic E-state index is 12.0. The zero-order valence-electron chi connectivity index (χ0n) is 11.3. The van der Waals surface area contributed by atoms with Crippen molar-refractivity contribution in [3.05, 3.63) is 35.4 Å². The Bertz CT molecular complexity index is 422. The quantitative estimate of drug-likeness (QED) is 0.865. The van der Waals surface area contributed by atoms with Crippen molar-refractivity contribution in [3.63, 3.8) is 0 Å². The van der Waals surface area contributed by atoms with Gasteiger partial charge in [-0.1, -0.05) is 17.7 Å². The standard InChI is InChI=1S/C15H21NO3/c1-12-2-4-13(5-3-12)14(18)16-10-15(11-17)6-8-19-9-7-15/h2-5,17H,6-11H2,1H3,(H,16,18). The summed E-state index contributed by atoms with van der Waals surface area (Å²) < 4.78 is 5.31. The molecule has 104 valence electrons. The molecular formula is C15H21NO3. The first-order chi connectivity index (χ1) is 9.15. The predicted molar refractivity (Wildman–Crippen MR) is 73.1 cm³/mol. The smallest absolute Gasteiger partial charge is 0.251 e. The van der Waals surface area contributed by atoms with Gasteiger partial charge in [-0.3, -0.25) is 4.79 Å². The Balaban J connectivity index is 1.93. The first-order valence-electron chi connectivity index (χ1n) is 6.69. The van der Waals surface area contributed by atoms with E-state index in [1.807, 2.05) is 31.2 Å². The predicted octanol–water partition coefficient (Wildman–Crippen LogP) is 1.51. The van der Waals surface area contributed by atoms with E-state index in [1.54, 1.807) is 0 Å². The summed E-state index contributed by atoms with van der Waals surface area (Å²) in [6.45, 7) is 3.89. The second kappa shape index (κ2) is 6.17. The molecule has 0 aromatic heterocycles. The summed E-state index contributed by atoms with van der Waals surface area (Å²) in [4.78, 5) is 12.0. The van der Waals surface area contributed by atoms with Crippen LogP contribution >= 0.6 is 0 Å². The molecule has 4 nitrogen and oxygen atoms in total. The molecule has 19 heavy (non-hydrogen) atoms. The van der Waals surface area contributed by atoms with Crippen molar-refractivity contribution in [2.24, 2.45) is 5.41 Å². The van der Waals surface area contributed by atoms with Gasteiger partial charge in [0, 0.05) is 30.7 Å². The third kappa shape index (κ3) is 3.55. The Hall–Kier alpha value is -1.39. The molecule has 1 aliphatic heterocycles. The second-order valence-corrected chi connectivity index (χ2v) is 5.32. The van der Waals surface area contributed by atoms with Crippen molar-refractivity contribution in [1.82, 2.24) is 5.32 Å². The zero-order valence-corrected chi connectivity index (χ0v) is 11.3. The number of nitrogens with one attached hydrogen (secondary N) is 1. The number of carbonyl (C=O) groups is 1. The molecule has 2 rings (SSSR count). The first kappa shape index (κ1) is 14.0. The lowest BCUT2D eigenvalue weighted by molar-refractivity contribution is -0.0146. The van der Waals surface area contributed by atoms with E-state index < -0.39 is 0 Å². The van der Waals surface area contributed by atoms with E-state index in [0.717, 1.165) is 18.4 Å². The number of amides is 1. The molecule has 4 heteroatoms. The number of aryl methyl sites for hydroxylation is 1. The molecule has 1 aromatic carbocycles. The molecule has 0 radical (unpaired) electrons. The number of carbonyl (C=O) groups excluding carboxylic acids is 1. The van der Waals surface area contributed by atoms with Gasteiger partial charge in [0.25, 0.3) is 5.91 Å². The van der Waals surface area contributed by atoms with Gasteiger partial charge in [0.05, 0.1) is 6.61 Å². The molecular weight excluding hydrogens is 242 g/mol. The van der Waals surface area contributed by atoms with Crippen LogP contribution in [0.5, 0.6) is 0 Å². The molecule has 2 N–H and O–H groups in total. The lowest BCUT2D eigenvalue weighted by Gasteiger charge is -2.35. The Labute approximate surface area is 113 Å². The van der Waals surface area contributed by atoms with Gasteiger partial charge in [0.15, 0.2) is 0 Å². The largest absolute Gasteiger partial charge is 0.396 e. The van der Waals surface area contributed by atoms with Crippen LogP contribution in [-0.2, 0) is 4.74 Å². The third-order valence-electron chi connectivity index (χ3n) is 3.83. The molecule has 0 unspecified atom stereocenters. The van der Waals surface area contributed by atoms with Crippen LogP contribution in [-0.4, -0.2) is 37.4 Å².